The monoisotopic (exact) mass is 472 g/mol. The van der Waals surface area contributed by atoms with Crippen LogP contribution >= 0.6 is 0 Å². The summed E-state index contributed by atoms with van der Waals surface area (Å²) in [7, 11) is 1.55. The molecule has 9 nitrogen and oxygen atoms in total. The molecule has 0 bridgehead atoms. The third kappa shape index (κ3) is 4.28. The largest absolute Gasteiger partial charge is 0.477 e. The molecule has 5 rings (SSSR count). The summed E-state index contributed by atoms with van der Waals surface area (Å²) in [6.45, 7) is 0.214. The van der Waals surface area contributed by atoms with Gasteiger partial charge in [-0.05, 0) is 35.1 Å². The van der Waals surface area contributed by atoms with Crippen molar-refractivity contribution in [2.45, 2.75) is 24.8 Å². The number of nitrogens with one attached hydrogen (secondary N) is 2. The molecule has 9 heteroatoms. The van der Waals surface area contributed by atoms with E-state index in [1.54, 1.807) is 13.1 Å². The lowest BCUT2D eigenvalue weighted by Crippen LogP contribution is -2.35. The lowest BCUT2D eigenvalue weighted by atomic mass is 9.98. The van der Waals surface area contributed by atoms with E-state index in [-0.39, 0.29) is 29.9 Å². The van der Waals surface area contributed by atoms with Crippen LogP contribution in [0.3, 0.4) is 0 Å². The minimum Gasteiger partial charge on any atom is -0.477 e. The molecule has 0 fully saturated rings. The second kappa shape index (κ2) is 9.09. The first-order chi connectivity index (χ1) is 16.9. The number of carbonyl (C=O) groups is 3. The molecule has 0 spiro atoms. The maximum Gasteiger partial charge on any atom is 0.407 e. The Morgan fingerprint density at radius 2 is 1.74 bits per heavy atom. The topological polar surface area (TPSA) is 123 Å². The van der Waals surface area contributed by atoms with E-state index in [0.29, 0.717) is 18.4 Å². The number of hydrogen-bond donors (Lipinski definition) is 3. The molecule has 1 aromatic heterocycles. The first-order valence-electron chi connectivity index (χ1n) is 11.3. The van der Waals surface area contributed by atoms with Crippen molar-refractivity contribution in [1.29, 1.82) is 0 Å². The van der Waals surface area contributed by atoms with Crippen LogP contribution in [0, 0.1) is 0 Å². The third-order valence-corrected chi connectivity index (χ3v) is 6.47. The predicted molar refractivity (Wildman–Crippen MR) is 128 cm³/mol. The fourth-order valence-electron chi connectivity index (χ4n) is 4.75. The zero-order valence-corrected chi connectivity index (χ0v) is 19.0. The third-order valence-electron chi connectivity index (χ3n) is 6.47. The second-order valence-electron chi connectivity index (χ2n) is 8.63. The lowest BCUT2D eigenvalue weighted by Gasteiger charge is -2.17. The van der Waals surface area contributed by atoms with Crippen LogP contribution in [0.5, 0.6) is 0 Å². The Kier molecular flexibility index (Phi) is 5.82. The van der Waals surface area contributed by atoms with Crippen LogP contribution in [0.1, 0.15) is 40.2 Å². The summed E-state index contributed by atoms with van der Waals surface area (Å²) in [5, 5.41) is 18.6. The number of aryl methyl sites for hydroxylation is 1. The Bertz CT molecular complexity index is 1310. The van der Waals surface area contributed by atoms with Crippen molar-refractivity contribution in [2.24, 2.45) is 7.05 Å². The molecule has 2 aromatic carbocycles. The summed E-state index contributed by atoms with van der Waals surface area (Å²) in [5.74, 6) is -1.52. The minimum absolute atomic E-state index is 0.0292. The number of fused-ring (bicyclic) bond motifs is 3. The molecule has 2 amide bonds. The fourth-order valence-corrected chi connectivity index (χ4v) is 4.75. The van der Waals surface area contributed by atoms with E-state index in [0.717, 1.165) is 22.3 Å². The number of aromatic carboxylic acids is 1. The second-order valence-corrected chi connectivity index (χ2v) is 8.63. The van der Waals surface area contributed by atoms with Gasteiger partial charge in [-0.1, -0.05) is 54.6 Å². The predicted octanol–water partition coefficient (Wildman–Crippen LogP) is 3.68. The molecular formula is C26H24N4O5. The number of rotatable bonds is 6. The molecule has 1 unspecified atom stereocenters. The van der Waals surface area contributed by atoms with E-state index >= 15 is 0 Å². The van der Waals surface area contributed by atoms with Gasteiger partial charge < -0.3 is 20.5 Å². The van der Waals surface area contributed by atoms with Gasteiger partial charge in [0.15, 0.2) is 0 Å². The van der Waals surface area contributed by atoms with E-state index in [9.17, 15) is 19.5 Å². The highest BCUT2D eigenvalue weighted by Gasteiger charge is 2.30. The molecular weight excluding hydrogens is 448 g/mol. The highest BCUT2D eigenvalue weighted by molar-refractivity contribution is 6.06. The van der Waals surface area contributed by atoms with Gasteiger partial charge in [0.05, 0.1) is 6.20 Å². The van der Waals surface area contributed by atoms with Gasteiger partial charge in [0.2, 0.25) is 0 Å². The highest BCUT2D eigenvalue weighted by atomic mass is 16.5. The molecule has 3 aromatic rings. The first kappa shape index (κ1) is 22.4. The van der Waals surface area contributed by atoms with E-state index in [4.69, 9.17) is 4.74 Å². The fraction of sp³-hybridized carbons (Fsp3) is 0.231. The number of carboxylic acids is 1. The van der Waals surface area contributed by atoms with Crippen molar-refractivity contribution < 1.29 is 24.2 Å². The average Bonchev–Trinajstić information content (AvgIpc) is 3.54. The number of amides is 2. The molecule has 35 heavy (non-hydrogen) atoms. The Morgan fingerprint density at radius 1 is 1.09 bits per heavy atom. The zero-order chi connectivity index (χ0) is 24.5. The maximum atomic E-state index is 12.6. The molecule has 0 aliphatic heterocycles. The van der Waals surface area contributed by atoms with E-state index in [2.05, 4.69) is 40.0 Å². The molecule has 178 valence electrons. The van der Waals surface area contributed by atoms with E-state index in [1.807, 2.05) is 24.3 Å². The van der Waals surface area contributed by atoms with Crippen molar-refractivity contribution in [1.82, 2.24) is 15.1 Å². The van der Waals surface area contributed by atoms with Crippen molar-refractivity contribution in [3.8, 4) is 11.1 Å². The van der Waals surface area contributed by atoms with Crippen LogP contribution in [0.25, 0.3) is 11.1 Å². The van der Waals surface area contributed by atoms with Crippen LogP contribution in [0.4, 0.5) is 10.6 Å². The van der Waals surface area contributed by atoms with Crippen molar-refractivity contribution in [2.75, 3.05) is 11.9 Å². The van der Waals surface area contributed by atoms with E-state index < -0.39 is 18.0 Å². The Labute approximate surface area is 201 Å². The quantitative estimate of drug-likeness (QED) is 0.503. The van der Waals surface area contributed by atoms with Crippen molar-refractivity contribution >= 4 is 23.8 Å². The van der Waals surface area contributed by atoms with Crippen LogP contribution < -0.4 is 10.6 Å². The number of ether oxygens (including phenoxy) is 1. The first-order valence-corrected chi connectivity index (χ1v) is 11.3. The normalized spacial score (nSPS) is 16.3. The van der Waals surface area contributed by atoms with Gasteiger partial charge in [0.25, 0.3) is 5.91 Å². The van der Waals surface area contributed by atoms with Gasteiger partial charge in [-0.15, -0.1) is 0 Å². The number of hydrogen-bond acceptors (Lipinski definition) is 5. The maximum absolute atomic E-state index is 12.6. The SMILES string of the molecule is Cn1ncc(C(=O)O)c1NC(=O)C1=CCC(NC(=O)OCC2c3ccccc3-c3ccccc32)C1. The lowest BCUT2D eigenvalue weighted by molar-refractivity contribution is -0.113. The number of carbonyl (C=O) groups excluding carboxylic acids is 2. The number of carboxylic acid groups (broad SMARTS) is 1. The van der Waals surface area contributed by atoms with Gasteiger partial charge in [0.1, 0.15) is 18.0 Å². The molecule has 3 N–H and O–H groups in total. The Hall–Kier alpha value is -4.40. The summed E-state index contributed by atoms with van der Waals surface area (Å²) in [6, 6.07) is 16.0. The summed E-state index contributed by atoms with van der Waals surface area (Å²) >= 11 is 0. The van der Waals surface area contributed by atoms with E-state index in [1.165, 1.54) is 10.9 Å². The molecule has 1 heterocycles. The van der Waals surface area contributed by atoms with Crippen molar-refractivity contribution in [3.05, 3.63) is 83.1 Å². The van der Waals surface area contributed by atoms with Gasteiger partial charge in [-0.3, -0.25) is 9.48 Å². The van der Waals surface area contributed by atoms with Crippen LogP contribution in [0.15, 0.2) is 66.4 Å². The summed E-state index contributed by atoms with van der Waals surface area (Å²) in [4.78, 5) is 36.5. The van der Waals surface area contributed by atoms with Gasteiger partial charge in [-0.2, -0.15) is 5.10 Å². The zero-order valence-electron chi connectivity index (χ0n) is 19.0. The minimum atomic E-state index is -1.18. The Balaban J connectivity index is 1.16. The molecule has 0 radical (unpaired) electrons. The number of aromatic nitrogens is 2. The van der Waals surface area contributed by atoms with Crippen molar-refractivity contribution in [3.63, 3.8) is 0 Å². The van der Waals surface area contributed by atoms with Crippen LogP contribution in [-0.2, 0) is 16.6 Å². The summed E-state index contributed by atoms with van der Waals surface area (Å²) < 4.78 is 6.88. The molecule has 0 saturated carbocycles. The highest BCUT2D eigenvalue weighted by Crippen LogP contribution is 2.44. The number of benzene rings is 2. The number of alkyl carbamates (subject to hydrolysis) is 1. The van der Waals surface area contributed by atoms with Crippen LogP contribution in [0.2, 0.25) is 0 Å². The number of nitrogens with zero attached hydrogens (tertiary/aromatic N) is 2. The summed E-state index contributed by atoms with van der Waals surface area (Å²) in [6.07, 6.45) is 3.18. The van der Waals surface area contributed by atoms with Gasteiger partial charge in [0, 0.05) is 24.6 Å². The van der Waals surface area contributed by atoms with Gasteiger partial charge >= 0.3 is 12.1 Å². The smallest absolute Gasteiger partial charge is 0.407 e. The molecule has 2 aliphatic rings. The molecule has 1 atom stereocenters. The summed E-state index contributed by atoms with van der Waals surface area (Å²) in [5.41, 5.74) is 4.97. The van der Waals surface area contributed by atoms with Crippen LogP contribution in [-0.4, -0.2) is 45.5 Å². The standard InChI is InChI=1S/C26H24N4O5/c1-30-23(21(13-27-30)25(32)33)29-24(31)15-10-11-16(12-15)28-26(34)35-14-22-19-8-4-2-6-17(19)18-7-3-5-9-20(18)22/h2-10,13,16,22H,11-12,14H2,1H3,(H,28,34)(H,29,31)(H,32,33). The Morgan fingerprint density at radius 3 is 2.40 bits per heavy atom. The van der Waals surface area contributed by atoms with Gasteiger partial charge in [-0.25, -0.2) is 9.59 Å². The molecule has 0 saturated heterocycles. The average molecular weight is 473 g/mol. The number of anilines is 1. The molecule has 2 aliphatic carbocycles.